The van der Waals surface area contributed by atoms with Crippen molar-refractivity contribution in [3.63, 3.8) is 0 Å². The van der Waals surface area contributed by atoms with Crippen LogP contribution in [0.1, 0.15) is 52.7 Å². The first-order chi connectivity index (χ1) is 16.4. The Morgan fingerprint density at radius 2 is 1.58 bits per heavy atom. The lowest BCUT2D eigenvalue weighted by molar-refractivity contribution is -0.137. The Kier molecular flexibility index (Phi) is 7.52. The van der Waals surface area contributed by atoms with E-state index in [1.54, 1.807) is 20.8 Å². The van der Waals surface area contributed by atoms with Crippen LogP contribution in [-0.4, -0.2) is 25.7 Å². The van der Waals surface area contributed by atoms with Gasteiger partial charge in [-0.2, -0.15) is 17.6 Å². The molecule has 0 aliphatic heterocycles. The number of rotatable bonds is 5. The van der Waals surface area contributed by atoms with E-state index in [0.717, 1.165) is 12.1 Å². The summed E-state index contributed by atoms with van der Waals surface area (Å²) in [5.74, 6) is -0.967. The minimum absolute atomic E-state index is 0.0509. The summed E-state index contributed by atoms with van der Waals surface area (Å²) in [6.45, 7) is 10.5. The predicted octanol–water partition coefficient (Wildman–Crippen LogP) is 8.03. The van der Waals surface area contributed by atoms with Gasteiger partial charge < -0.3 is 4.57 Å². The van der Waals surface area contributed by atoms with E-state index in [1.807, 2.05) is 20.8 Å². The van der Waals surface area contributed by atoms with Crippen molar-refractivity contribution in [2.75, 3.05) is 0 Å². The number of benzene rings is 2. The van der Waals surface area contributed by atoms with E-state index in [0.29, 0.717) is 0 Å². The zero-order valence-corrected chi connectivity index (χ0v) is 21.6. The van der Waals surface area contributed by atoms with Crippen molar-refractivity contribution in [3.05, 3.63) is 59.5 Å². The van der Waals surface area contributed by atoms with Gasteiger partial charge in [-0.25, -0.2) is 17.4 Å². The summed E-state index contributed by atoms with van der Waals surface area (Å²) in [6.07, 6.45) is -6.52. The molecule has 0 radical (unpaired) electrons. The molecule has 0 N–H and O–H groups in total. The normalized spacial score (nSPS) is 14.6. The quantitative estimate of drug-likeness (QED) is 0.243. The standard InChI is InChI=1S/C26H28F6N2OS/c1-24(2,3)14-34-13-18(21(23(28)29)33-36(35)25(4,5)6)17-12-11-16(20(27)22(17)34)15-9-7-8-10-19(15)26(30,31)32/h7-13,23H,14H2,1-6H3/b33-21+/t36-/m0/s1. The summed E-state index contributed by atoms with van der Waals surface area (Å²) in [7, 11) is -2.01. The highest BCUT2D eigenvalue weighted by Crippen LogP contribution is 2.40. The second kappa shape index (κ2) is 9.68. The molecule has 0 saturated heterocycles. The van der Waals surface area contributed by atoms with E-state index in [4.69, 9.17) is 0 Å². The van der Waals surface area contributed by atoms with Crippen LogP contribution in [0.15, 0.2) is 47.0 Å². The van der Waals surface area contributed by atoms with Crippen LogP contribution in [0, 0.1) is 11.2 Å². The Balaban J connectivity index is 2.37. The molecule has 0 bridgehead atoms. The van der Waals surface area contributed by atoms with Gasteiger partial charge in [0.1, 0.15) is 16.7 Å². The predicted molar refractivity (Wildman–Crippen MR) is 132 cm³/mol. The maximum absolute atomic E-state index is 16.0. The molecular formula is C26H28F6N2OS. The van der Waals surface area contributed by atoms with Crippen molar-refractivity contribution < 1.29 is 30.6 Å². The highest BCUT2D eigenvalue weighted by molar-refractivity contribution is 7.85. The molecule has 3 aromatic rings. The topological polar surface area (TPSA) is 34.4 Å². The van der Waals surface area contributed by atoms with E-state index in [-0.39, 0.29) is 34.1 Å². The monoisotopic (exact) mass is 530 g/mol. The highest BCUT2D eigenvalue weighted by Gasteiger charge is 2.35. The Labute approximate surface area is 208 Å². The van der Waals surface area contributed by atoms with Gasteiger partial charge in [-0.3, -0.25) is 0 Å². The maximum Gasteiger partial charge on any atom is 0.417 e. The van der Waals surface area contributed by atoms with Crippen LogP contribution in [0.2, 0.25) is 0 Å². The van der Waals surface area contributed by atoms with Gasteiger partial charge in [-0.15, -0.1) is 0 Å². The van der Waals surface area contributed by atoms with Crippen LogP contribution >= 0.6 is 0 Å². The molecule has 0 spiro atoms. The van der Waals surface area contributed by atoms with Crippen molar-refractivity contribution in [3.8, 4) is 11.1 Å². The minimum atomic E-state index is -4.72. The first-order valence-electron chi connectivity index (χ1n) is 11.2. The van der Waals surface area contributed by atoms with Crippen molar-refractivity contribution in [2.24, 2.45) is 9.81 Å². The molecule has 196 valence electrons. The summed E-state index contributed by atoms with van der Waals surface area (Å²) in [6, 6.07) is 7.08. The number of nitrogens with zero attached hydrogens (tertiary/aromatic N) is 2. The maximum atomic E-state index is 16.0. The van der Waals surface area contributed by atoms with Crippen LogP contribution in [0.25, 0.3) is 22.0 Å². The average molecular weight is 531 g/mol. The molecule has 3 rings (SSSR count). The van der Waals surface area contributed by atoms with Crippen LogP contribution in [0.5, 0.6) is 0 Å². The third kappa shape index (κ3) is 5.85. The van der Waals surface area contributed by atoms with Crippen molar-refractivity contribution in [1.82, 2.24) is 4.57 Å². The summed E-state index contributed by atoms with van der Waals surface area (Å²) >= 11 is 0. The zero-order valence-electron chi connectivity index (χ0n) is 20.8. The molecule has 0 aliphatic rings. The van der Waals surface area contributed by atoms with Gasteiger partial charge in [-0.05, 0) is 37.8 Å². The number of fused-ring (bicyclic) bond motifs is 1. The largest absolute Gasteiger partial charge is 0.417 e. The lowest BCUT2D eigenvalue weighted by Crippen LogP contribution is -2.23. The summed E-state index contributed by atoms with van der Waals surface area (Å²) in [4.78, 5) is 0. The average Bonchev–Trinajstić information content (AvgIpc) is 3.07. The molecule has 0 unspecified atom stereocenters. The molecule has 3 nitrogen and oxygen atoms in total. The third-order valence-electron chi connectivity index (χ3n) is 5.33. The Morgan fingerprint density at radius 3 is 2.11 bits per heavy atom. The van der Waals surface area contributed by atoms with Crippen LogP contribution < -0.4 is 0 Å². The summed E-state index contributed by atoms with van der Waals surface area (Å²) in [5.41, 5.74) is -3.08. The highest BCUT2D eigenvalue weighted by atomic mass is 32.2. The van der Waals surface area contributed by atoms with Crippen LogP contribution in [0.3, 0.4) is 0 Å². The van der Waals surface area contributed by atoms with Gasteiger partial charge in [0.25, 0.3) is 6.43 Å². The molecule has 0 saturated carbocycles. The van der Waals surface area contributed by atoms with E-state index in [9.17, 15) is 26.2 Å². The fourth-order valence-corrected chi connectivity index (χ4v) is 4.43. The molecule has 0 fully saturated rings. The second-order valence-electron chi connectivity index (χ2n) is 10.7. The molecule has 1 aromatic heterocycles. The van der Waals surface area contributed by atoms with Gasteiger partial charge in [0.05, 0.1) is 15.8 Å². The first-order valence-corrected chi connectivity index (χ1v) is 12.3. The first kappa shape index (κ1) is 28.0. The van der Waals surface area contributed by atoms with Gasteiger partial charge >= 0.3 is 6.18 Å². The van der Waals surface area contributed by atoms with Gasteiger partial charge in [0.2, 0.25) is 0 Å². The third-order valence-corrected chi connectivity index (χ3v) is 6.74. The van der Waals surface area contributed by atoms with Crippen LogP contribution in [-0.2, 0) is 23.7 Å². The van der Waals surface area contributed by atoms with Gasteiger partial charge in [0, 0.05) is 29.3 Å². The summed E-state index contributed by atoms with van der Waals surface area (Å²) < 4.78 is 102. The number of halogens is 6. The van der Waals surface area contributed by atoms with E-state index in [1.165, 1.54) is 35.0 Å². The number of alkyl halides is 5. The smallest absolute Gasteiger partial charge is 0.344 e. The molecular weight excluding hydrogens is 502 g/mol. The van der Waals surface area contributed by atoms with Crippen molar-refractivity contribution in [1.29, 1.82) is 0 Å². The van der Waals surface area contributed by atoms with E-state index >= 15 is 4.39 Å². The number of hydrogen-bond donors (Lipinski definition) is 0. The fourth-order valence-electron chi connectivity index (χ4n) is 3.80. The number of aromatic nitrogens is 1. The van der Waals surface area contributed by atoms with Gasteiger partial charge in [0.15, 0.2) is 5.82 Å². The molecule has 36 heavy (non-hydrogen) atoms. The van der Waals surface area contributed by atoms with Crippen molar-refractivity contribution in [2.45, 2.75) is 65.4 Å². The second-order valence-corrected chi connectivity index (χ2v) is 12.6. The SMILES string of the molecule is CC(C)(C)Cn1cc(/C(=N\[S@@](=O)C(C)(C)C)C(F)F)c2ccc(-c3ccccc3C(F)(F)F)c(F)c21. The Bertz CT molecular complexity index is 1330. The van der Waals surface area contributed by atoms with Gasteiger partial charge in [-0.1, -0.05) is 51.1 Å². The Morgan fingerprint density at radius 1 is 0.972 bits per heavy atom. The molecule has 10 heteroatoms. The summed E-state index contributed by atoms with van der Waals surface area (Å²) in [5, 5.41) is 0.0509. The zero-order chi connectivity index (χ0) is 27.2. The lowest BCUT2D eigenvalue weighted by atomic mass is 9.96. The lowest BCUT2D eigenvalue weighted by Gasteiger charge is -2.20. The fraction of sp³-hybridized carbons (Fsp3) is 0.423. The molecule has 1 atom stereocenters. The van der Waals surface area contributed by atoms with Crippen molar-refractivity contribution >= 4 is 27.6 Å². The van der Waals surface area contributed by atoms with E-state index < -0.39 is 50.8 Å². The molecule has 0 amide bonds. The van der Waals surface area contributed by atoms with E-state index in [2.05, 4.69) is 4.40 Å². The molecule has 1 heterocycles. The number of hydrogen-bond acceptors (Lipinski definition) is 1. The minimum Gasteiger partial charge on any atom is -0.344 e. The molecule has 2 aromatic carbocycles. The van der Waals surface area contributed by atoms with Crippen LogP contribution in [0.4, 0.5) is 26.3 Å². The Hall–Kier alpha value is -2.62. The molecule has 0 aliphatic carbocycles.